The molecule has 4 rings (SSSR count). The van der Waals surface area contributed by atoms with Gasteiger partial charge in [0, 0.05) is 0 Å². The van der Waals surface area contributed by atoms with Crippen molar-refractivity contribution in [3.63, 3.8) is 0 Å². The molecular formula is C15H20O4. The van der Waals surface area contributed by atoms with E-state index in [1.165, 1.54) is 19.3 Å². The first-order valence-corrected chi connectivity index (χ1v) is 7.07. The summed E-state index contributed by atoms with van der Waals surface area (Å²) in [6.45, 7) is 3.21. The van der Waals surface area contributed by atoms with E-state index in [0.717, 1.165) is 19.3 Å². The quantitative estimate of drug-likeness (QED) is 0.625. The van der Waals surface area contributed by atoms with Gasteiger partial charge in [-0.3, -0.25) is 4.79 Å². The molecule has 0 aromatic rings. The van der Waals surface area contributed by atoms with Gasteiger partial charge in [-0.15, -0.1) is 0 Å². The number of carbonyl (C=O) groups is 2. The van der Waals surface area contributed by atoms with E-state index >= 15 is 0 Å². The highest BCUT2D eigenvalue weighted by molar-refractivity contribution is 5.87. The van der Waals surface area contributed by atoms with Crippen LogP contribution in [-0.2, 0) is 14.3 Å². The molecule has 0 aliphatic heterocycles. The van der Waals surface area contributed by atoms with Gasteiger partial charge >= 0.3 is 11.9 Å². The minimum atomic E-state index is -1.10. The van der Waals surface area contributed by atoms with E-state index in [2.05, 4.69) is 6.58 Å². The van der Waals surface area contributed by atoms with Gasteiger partial charge in [-0.2, -0.15) is 0 Å². The number of carboxylic acids is 1. The predicted molar refractivity (Wildman–Crippen MR) is 68.3 cm³/mol. The molecule has 0 aromatic carbocycles. The molecule has 0 radical (unpaired) electrons. The lowest BCUT2D eigenvalue weighted by Crippen LogP contribution is -2.50. The van der Waals surface area contributed by atoms with E-state index in [0.29, 0.717) is 17.8 Å². The highest BCUT2D eigenvalue weighted by atomic mass is 16.5. The van der Waals surface area contributed by atoms with Crippen molar-refractivity contribution in [2.45, 2.75) is 38.5 Å². The highest BCUT2D eigenvalue weighted by Crippen LogP contribution is 2.60. The first kappa shape index (κ1) is 12.7. The number of carboxylic acid groups (broad SMARTS) is 1. The molecule has 4 aliphatic rings. The largest absolute Gasteiger partial charge is 0.478 e. The third kappa shape index (κ3) is 2.17. The number of esters is 1. The third-order valence-electron chi connectivity index (χ3n) is 5.15. The molecule has 0 unspecified atom stereocenters. The summed E-state index contributed by atoms with van der Waals surface area (Å²) >= 11 is 0. The van der Waals surface area contributed by atoms with E-state index in [-0.39, 0.29) is 23.6 Å². The average Bonchev–Trinajstić information content (AvgIpc) is 2.33. The summed E-state index contributed by atoms with van der Waals surface area (Å²) in [5.41, 5.74) is -0.369. The average molecular weight is 264 g/mol. The predicted octanol–water partition coefficient (Wildman–Crippen LogP) is 2.39. The zero-order valence-corrected chi connectivity index (χ0v) is 11.1. The Balaban J connectivity index is 1.66. The molecule has 4 fully saturated rings. The maximum Gasteiger partial charge on any atom is 0.334 e. The van der Waals surface area contributed by atoms with E-state index in [1.807, 2.05) is 0 Å². The Kier molecular flexibility index (Phi) is 2.91. The first-order valence-electron chi connectivity index (χ1n) is 7.07. The van der Waals surface area contributed by atoms with Crippen LogP contribution in [0.25, 0.3) is 0 Å². The maximum atomic E-state index is 12.4. The van der Waals surface area contributed by atoms with Gasteiger partial charge in [0.25, 0.3) is 0 Å². The second-order valence-corrected chi connectivity index (χ2v) is 6.68. The van der Waals surface area contributed by atoms with Crippen molar-refractivity contribution in [3.05, 3.63) is 12.2 Å². The zero-order chi connectivity index (χ0) is 13.6. The molecule has 4 heteroatoms. The van der Waals surface area contributed by atoms with Gasteiger partial charge in [-0.05, 0) is 56.3 Å². The summed E-state index contributed by atoms with van der Waals surface area (Å²) in [6.07, 6.45) is 6.64. The second kappa shape index (κ2) is 4.36. The van der Waals surface area contributed by atoms with Gasteiger partial charge in [0.15, 0.2) is 0 Å². The summed E-state index contributed by atoms with van der Waals surface area (Å²) < 4.78 is 5.23. The number of hydrogen-bond donors (Lipinski definition) is 1. The van der Waals surface area contributed by atoms with Crippen LogP contribution in [0.3, 0.4) is 0 Å². The van der Waals surface area contributed by atoms with Crippen molar-refractivity contribution in [2.24, 2.45) is 23.2 Å². The first-order chi connectivity index (χ1) is 8.98. The normalized spacial score (nSPS) is 39.1. The van der Waals surface area contributed by atoms with Crippen LogP contribution < -0.4 is 0 Å². The molecule has 0 amide bonds. The van der Waals surface area contributed by atoms with Gasteiger partial charge < -0.3 is 9.84 Å². The Labute approximate surface area is 112 Å². The lowest BCUT2D eigenvalue weighted by Gasteiger charge is -2.55. The van der Waals surface area contributed by atoms with E-state index in [4.69, 9.17) is 9.84 Å². The van der Waals surface area contributed by atoms with Crippen molar-refractivity contribution in [3.8, 4) is 0 Å². The van der Waals surface area contributed by atoms with Crippen LogP contribution >= 0.6 is 0 Å². The van der Waals surface area contributed by atoms with Crippen LogP contribution in [-0.4, -0.2) is 23.7 Å². The van der Waals surface area contributed by atoms with Crippen LogP contribution in [0.2, 0.25) is 0 Å². The molecule has 0 atom stereocenters. The zero-order valence-electron chi connectivity index (χ0n) is 11.1. The summed E-state index contributed by atoms with van der Waals surface area (Å²) in [6, 6.07) is 0. The standard InChI is InChI=1S/C15H20O4/c1-9(13(16)17)8-19-14(18)15-5-10-2-11(6-15)4-12(3-10)7-15/h10-12H,1-8H2,(H,16,17). The molecule has 104 valence electrons. The maximum absolute atomic E-state index is 12.4. The number of carbonyl (C=O) groups excluding carboxylic acids is 1. The fraction of sp³-hybridized carbons (Fsp3) is 0.733. The van der Waals surface area contributed by atoms with Crippen molar-refractivity contribution in [1.29, 1.82) is 0 Å². The van der Waals surface area contributed by atoms with Crippen molar-refractivity contribution in [1.82, 2.24) is 0 Å². The molecule has 0 spiro atoms. The molecule has 4 bridgehead atoms. The van der Waals surface area contributed by atoms with E-state index < -0.39 is 5.97 Å². The minimum Gasteiger partial charge on any atom is -0.478 e. The van der Waals surface area contributed by atoms with Gasteiger partial charge in [0.2, 0.25) is 0 Å². The fourth-order valence-electron chi connectivity index (χ4n) is 4.73. The molecule has 0 heterocycles. The van der Waals surface area contributed by atoms with E-state index in [1.54, 1.807) is 0 Å². The molecule has 4 saturated carbocycles. The molecule has 0 aromatic heterocycles. The smallest absolute Gasteiger partial charge is 0.334 e. The van der Waals surface area contributed by atoms with Crippen molar-refractivity contribution in [2.75, 3.05) is 6.61 Å². The number of rotatable bonds is 4. The Morgan fingerprint density at radius 2 is 1.58 bits per heavy atom. The third-order valence-corrected chi connectivity index (χ3v) is 5.15. The number of hydrogen-bond acceptors (Lipinski definition) is 3. The van der Waals surface area contributed by atoms with Gasteiger partial charge in [0.05, 0.1) is 11.0 Å². The van der Waals surface area contributed by atoms with Gasteiger partial charge in [0.1, 0.15) is 6.61 Å². The highest BCUT2D eigenvalue weighted by Gasteiger charge is 2.55. The second-order valence-electron chi connectivity index (χ2n) is 6.68. The van der Waals surface area contributed by atoms with Gasteiger partial charge in [-0.25, -0.2) is 4.79 Å². The monoisotopic (exact) mass is 264 g/mol. The summed E-state index contributed by atoms with van der Waals surface area (Å²) in [7, 11) is 0. The van der Waals surface area contributed by atoms with Crippen molar-refractivity contribution >= 4 is 11.9 Å². The van der Waals surface area contributed by atoms with Crippen LogP contribution in [0.1, 0.15) is 38.5 Å². The summed E-state index contributed by atoms with van der Waals surface area (Å²) in [5.74, 6) is 0.761. The number of ether oxygens (including phenoxy) is 1. The molecule has 4 nitrogen and oxygen atoms in total. The Morgan fingerprint density at radius 1 is 1.11 bits per heavy atom. The molecule has 1 N–H and O–H groups in total. The topological polar surface area (TPSA) is 63.6 Å². The SMILES string of the molecule is C=C(COC(=O)C12CC3CC(CC(C3)C1)C2)C(=O)O. The lowest BCUT2D eigenvalue weighted by atomic mass is 9.49. The summed E-state index contributed by atoms with van der Waals surface area (Å²) in [4.78, 5) is 23.0. The lowest BCUT2D eigenvalue weighted by molar-refractivity contribution is -0.170. The Hall–Kier alpha value is -1.32. The van der Waals surface area contributed by atoms with Crippen LogP contribution in [0.5, 0.6) is 0 Å². The van der Waals surface area contributed by atoms with E-state index in [9.17, 15) is 9.59 Å². The fourth-order valence-corrected chi connectivity index (χ4v) is 4.73. The van der Waals surface area contributed by atoms with Crippen LogP contribution in [0.4, 0.5) is 0 Å². The summed E-state index contributed by atoms with van der Waals surface area (Å²) in [5, 5.41) is 8.74. The van der Waals surface area contributed by atoms with Crippen LogP contribution in [0, 0.1) is 23.2 Å². The minimum absolute atomic E-state index is 0.0573. The Morgan fingerprint density at radius 3 is 2.00 bits per heavy atom. The molecule has 0 saturated heterocycles. The van der Waals surface area contributed by atoms with Crippen molar-refractivity contribution < 1.29 is 19.4 Å². The Bertz CT molecular complexity index is 402. The molecule has 4 aliphatic carbocycles. The molecular weight excluding hydrogens is 244 g/mol. The van der Waals surface area contributed by atoms with Gasteiger partial charge in [-0.1, -0.05) is 6.58 Å². The number of aliphatic carboxylic acids is 1. The van der Waals surface area contributed by atoms with Crippen LogP contribution in [0.15, 0.2) is 12.2 Å². The molecule has 19 heavy (non-hydrogen) atoms.